The summed E-state index contributed by atoms with van der Waals surface area (Å²) in [6, 6.07) is 0. The Balaban J connectivity index is 3.22. The maximum atomic E-state index is 13.6. The molecule has 1 aromatic rings. The van der Waals surface area contributed by atoms with E-state index in [4.69, 9.17) is 24.9 Å². The van der Waals surface area contributed by atoms with Gasteiger partial charge in [-0.15, -0.1) is 0 Å². The molecule has 24 heteroatoms. The van der Waals surface area contributed by atoms with E-state index in [-0.39, 0.29) is 4.57 Å². The third-order valence-electron chi connectivity index (χ3n) is 3.19. The van der Waals surface area contributed by atoms with E-state index in [9.17, 15) is 38.0 Å². The lowest BCUT2D eigenvalue weighted by Crippen LogP contribution is -2.48. The van der Waals surface area contributed by atoms with Crippen LogP contribution < -0.4 is 5.69 Å². The van der Waals surface area contributed by atoms with Crippen LogP contribution in [0.4, 0.5) is 4.39 Å². The van der Waals surface area contributed by atoms with Gasteiger partial charge in [-0.3, -0.25) is 9.51 Å². The fraction of sp³-hybridized carbons (Fsp3) is 0.556. The van der Waals surface area contributed by atoms with Gasteiger partial charge in [0, 0.05) is 4.91 Å². The first kappa shape index (κ1) is 29.7. The Kier molecular flexibility index (Phi) is 9.81. The van der Waals surface area contributed by atoms with Crippen molar-refractivity contribution in [3.05, 3.63) is 37.6 Å². The van der Waals surface area contributed by atoms with Crippen molar-refractivity contribution in [1.82, 2.24) is 9.55 Å². The van der Waals surface area contributed by atoms with Gasteiger partial charge in [-0.2, -0.15) is 8.62 Å². The average molecular weight is 561 g/mol. The highest BCUT2D eigenvalue weighted by molar-refractivity contribution is 7.71. The van der Waals surface area contributed by atoms with Gasteiger partial charge in [0.2, 0.25) is 12.1 Å². The summed E-state index contributed by atoms with van der Waals surface area (Å²) >= 11 is 4.47. The number of hydrogen-bond donors (Lipinski definition) is 7. The van der Waals surface area contributed by atoms with Gasteiger partial charge in [-0.05, 0) is 12.5 Å². The number of aliphatic hydroxyl groups excluding tert-OH is 2. The van der Waals surface area contributed by atoms with E-state index in [1.54, 1.807) is 4.98 Å². The van der Waals surface area contributed by atoms with Crippen LogP contribution in [0.5, 0.6) is 0 Å². The Morgan fingerprint density at radius 1 is 1.27 bits per heavy atom. The summed E-state index contributed by atoms with van der Waals surface area (Å²) in [4.78, 5) is 51.5. The maximum absolute atomic E-state index is 13.6. The third-order valence-corrected chi connectivity index (χ3v) is 7.27. The number of phosphoric acid groups is 3. The molecule has 0 radical (unpaired) electrons. The molecule has 1 heterocycles. The summed E-state index contributed by atoms with van der Waals surface area (Å²) in [5.41, 5.74) is 4.61. The third kappa shape index (κ3) is 9.06. The van der Waals surface area contributed by atoms with Crippen LogP contribution in [0.3, 0.4) is 0 Å². The maximum Gasteiger partial charge on any atom is 0.490 e. The minimum atomic E-state index is -5.91. The highest BCUT2D eigenvalue weighted by Gasteiger charge is 2.45. The first-order valence-corrected chi connectivity index (χ1v) is 12.7. The molecule has 0 fully saturated rings. The molecule has 0 saturated heterocycles. The lowest BCUT2D eigenvalue weighted by Gasteiger charge is -2.33. The van der Waals surface area contributed by atoms with Gasteiger partial charge in [-0.1, -0.05) is 17.3 Å². The smallest absolute Gasteiger partial charge is 0.390 e. The minimum absolute atomic E-state index is 0.125. The van der Waals surface area contributed by atoms with Gasteiger partial charge in [0.15, 0.2) is 5.82 Å². The van der Waals surface area contributed by atoms with E-state index >= 15 is 0 Å². The molecule has 0 spiro atoms. The number of H-pyrrole nitrogens is 1. The predicted octanol–water partition coefficient (Wildman–Crippen LogP) is 0.241. The minimum Gasteiger partial charge on any atom is -0.390 e. The van der Waals surface area contributed by atoms with Crippen LogP contribution in [0.2, 0.25) is 0 Å². The summed E-state index contributed by atoms with van der Waals surface area (Å²) < 4.78 is 63.0. The van der Waals surface area contributed by atoms with Gasteiger partial charge in [0.25, 0.3) is 0 Å². The van der Waals surface area contributed by atoms with Crippen molar-refractivity contribution < 1.29 is 65.8 Å². The van der Waals surface area contributed by atoms with Crippen LogP contribution in [-0.2, 0) is 31.6 Å². The Bertz CT molecular complexity index is 1180. The number of nitrogens with one attached hydrogen (secondary N) is 1. The average Bonchev–Trinajstić information content (AvgIpc) is 2.59. The summed E-state index contributed by atoms with van der Waals surface area (Å²) in [7, 11) is -17.4. The van der Waals surface area contributed by atoms with Crippen LogP contribution in [-0.4, -0.2) is 57.8 Å². The zero-order valence-electron chi connectivity index (χ0n) is 15.8. The fourth-order valence-electron chi connectivity index (χ4n) is 1.81. The standard InChI is InChI=1S/C9H15FN5O14P3S/c1-4(16)9(13-14-11,27-8(18)15-2-5(10)6(33)12-7(15)17)3-26-31(22,23)29-32(24,25)28-30(19,20)21/h2,4,8,16,18H,3H2,1H3,(H,22,23)(H,24,25)(H,12,17,33)(H2,19,20,21)/t4-,8+,9-/m1/s1. The predicted molar refractivity (Wildman–Crippen MR) is 102 cm³/mol. The molecular formula is C9H15FN5O14P3S. The number of hydrogen-bond acceptors (Lipinski definition) is 12. The number of aromatic nitrogens is 2. The summed E-state index contributed by atoms with van der Waals surface area (Å²) in [6.07, 6.45) is -4.22. The second-order valence-electron chi connectivity index (χ2n) is 5.66. The molecule has 5 atom stereocenters. The van der Waals surface area contributed by atoms with Gasteiger partial charge in [-0.25, -0.2) is 27.4 Å². The molecule has 2 unspecified atom stereocenters. The van der Waals surface area contributed by atoms with Gasteiger partial charge < -0.3 is 34.5 Å². The number of aliphatic hydroxyl groups is 2. The highest BCUT2D eigenvalue weighted by atomic mass is 32.1. The molecule has 0 saturated carbocycles. The SMILES string of the molecule is C[C@@H](O)[C@](COP(=O)(O)OP(=O)(O)OP(=O)(O)O)(N=[N+]=[N-])O[C@H](O)n1cc(F)c(=S)[nH]c1=O. The van der Waals surface area contributed by atoms with Crippen LogP contribution in [0.15, 0.2) is 16.1 Å². The molecule has 1 rings (SSSR count). The Morgan fingerprint density at radius 3 is 2.33 bits per heavy atom. The van der Waals surface area contributed by atoms with E-state index in [0.717, 1.165) is 6.92 Å². The Labute approximate surface area is 186 Å². The monoisotopic (exact) mass is 561 g/mol. The number of azide groups is 1. The van der Waals surface area contributed by atoms with Crippen LogP contribution >= 0.6 is 35.7 Å². The molecular weight excluding hydrogens is 546 g/mol. The Morgan fingerprint density at radius 2 is 1.85 bits per heavy atom. The molecule has 0 aromatic carbocycles. The topological polar surface area (TPSA) is 296 Å². The number of aromatic amines is 1. The molecule has 0 aliphatic carbocycles. The number of nitrogens with zero attached hydrogens (tertiary/aromatic N) is 4. The summed E-state index contributed by atoms with van der Waals surface area (Å²) in [5.74, 6) is -1.22. The Hall–Kier alpha value is -1.37. The molecule has 7 N–H and O–H groups in total. The van der Waals surface area contributed by atoms with Crippen molar-refractivity contribution in [2.45, 2.75) is 25.2 Å². The van der Waals surface area contributed by atoms with E-state index < -0.39 is 64.5 Å². The molecule has 0 amide bonds. The lowest BCUT2D eigenvalue weighted by molar-refractivity contribution is -0.260. The van der Waals surface area contributed by atoms with Crippen molar-refractivity contribution >= 4 is 35.7 Å². The van der Waals surface area contributed by atoms with E-state index in [1.165, 1.54) is 0 Å². The lowest BCUT2D eigenvalue weighted by atomic mass is 10.1. The number of rotatable bonds is 12. The van der Waals surface area contributed by atoms with Crippen molar-refractivity contribution in [3.8, 4) is 0 Å². The molecule has 0 aliphatic rings. The first-order chi connectivity index (χ1) is 14.8. The van der Waals surface area contributed by atoms with Crippen molar-refractivity contribution in [3.63, 3.8) is 0 Å². The first-order valence-electron chi connectivity index (χ1n) is 7.72. The van der Waals surface area contributed by atoms with Crippen molar-refractivity contribution in [2.24, 2.45) is 5.11 Å². The van der Waals surface area contributed by atoms with Gasteiger partial charge in [0.05, 0.1) is 18.9 Å². The largest absolute Gasteiger partial charge is 0.490 e. The quantitative estimate of drug-likeness (QED) is 0.0449. The van der Waals surface area contributed by atoms with Crippen LogP contribution in [0.1, 0.15) is 13.3 Å². The zero-order valence-corrected chi connectivity index (χ0v) is 19.3. The normalized spacial score (nSPS) is 19.4. The molecule has 0 bridgehead atoms. The molecule has 188 valence electrons. The number of ether oxygens (including phenoxy) is 1. The molecule has 1 aromatic heterocycles. The van der Waals surface area contributed by atoms with Gasteiger partial charge >= 0.3 is 29.2 Å². The number of phosphoric ester groups is 1. The fourth-order valence-corrected chi connectivity index (χ4v) is 4.99. The van der Waals surface area contributed by atoms with Crippen molar-refractivity contribution in [2.75, 3.05) is 6.61 Å². The molecule has 0 aliphatic heterocycles. The molecule has 19 nitrogen and oxygen atoms in total. The zero-order chi connectivity index (χ0) is 25.8. The molecule has 33 heavy (non-hydrogen) atoms. The summed E-state index contributed by atoms with van der Waals surface area (Å²) in [5, 5.41) is 23.0. The highest BCUT2D eigenvalue weighted by Crippen LogP contribution is 2.66. The van der Waals surface area contributed by atoms with E-state index in [0.29, 0.717) is 6.20 Å². The van der Waals surface area contributed by atoms with Crippen LogP contribution in [0.25, 0.3) is 10.4 Å². The van der Waals surface area contributed by atoms with E-state index in [1.807, 2.05) is 0 Å². The second kappa shape index (κ2) is 10.9. The van der Waals surface area contributed by atoms with Crippen LogP contribution in [0, 0.1) is 10.5 Å². The van der Waals surface area contributed by atoms with Crippen molar-refractivity contribution in [1.29, 1.82) is 0 Å². The second-order valence-corrected chi connectivity index (χ2v) is 10.5. The van der Waals surface area contributed by atoms with E-state index in [2.05, 4.69) is 35.4 Å². The number of halogens is 1. The van der Waals surface area contributed by atoms with Gasteiger partial charge in [0.1, 0.15) is 4.64 Å². The summed E-state index contributed by atoms with van der Waals surface area (Å²) in [6.45, 7) is -0.723.